The molecule has 0 saturated carbocycles. The van der Waals surface area contributed by atoms with Crippen LogP contribution in [0.25, 0.3) is 0 Å². The van der Waals surface area contributed by atoms with Gasteiger partial charge < -0.3 is 14.4 Å². The Labute approximate surface area is 135 Å². The number of amides is 1. The van der Waals surface area contributed by atoms with Gasteiger partial charge in [0.2, 0.25) is 5.91 Å². The van der Waals surface area contributed by atoms with Crippen molar-refractivity contribution in [2.24, 2.45) is 0 Å². The van der Waals surface area contributed by atoms with Gasteiger partial charge >= 0.3 is 5.97 Å². The molecule has 0 aliphatic carbocycles. The van der Waals surface area contributed by atoms with Gasteiger partial charge in [-0.2, -0.15) is 0 Å². The van der Waals surface area contributed by atoms with Gasteiger partial charge in [-0.25, -0.2) is 4.79 Å². The first-order valence-electron chi connectivity index (χ1n) is 7.63. The third-order valence-corrected chi connectivity index (χ3v) is 4.26. The highest BCUT2D eigenvalue weighted by Crippen LogP contribution is 2.44. The molecular weight excluding hydrogens is 296 g/mol. The Balaban J connectivity index is 2.13. The molecule has 2 aliphatic heterocycles. The van der Waals surface area contributed by atoms with Crippen LogP contribution in [0.5, 0.6) is 0 Å². The van der Waals surface area contributed by atoms with Gasteiger partial charge in [-0.05, 0) is 26.0 Å². The maximum atomic E-state index is 12.4. The van der Waals surface area contributed by atoms with E-state index in [1.54, 1.807) is 18.7 Å². The molecule has 0 aromatic heterocycles. The number of anilines is 2. The van der Waals surface area contributed by atoms with Crippen molar-refractivity contribution in [2.45, 2.75) is 33.0 Å². The normalized spacial score (nSPS) is 22.4. The van der Waals surface area contributed by atoms with Crippen LogP contribution in [0, 0.1) is 0 Å². The predicted molar refractivity (Wildman–Crippen MR) is 86.0 cm³/mol. The molecule has 0 radical (unpaired) electrons. The van der Waals surface area contributed by atoms with Gasteiger partial charge in [0, 0.05) is 14.0 Å². The van der Waals surface area contributed by atoms with Crippen LogP contribution < -0.4 is 9.80 Å². The van der Waals surface area contributed by atoms with Crippen LogP contribution in [0.2, 0.25) is 0 Å². The minimum absolute atomic E-state index is 0.138. The lowest BCUT2D eigenvalue weighted by Gasteiger charge is -2.43. The molecule has 1 aromatic rings. The SMILES string of the molecule is CCOC(=O)C1=C(C)OC2C1N(C(C)=O)c1ccccc1N2C. The lowest BCUT2D eigenvalue weighted by Crippen LogP contribution is -2.56. The number of rotatable bonds is 2. The largest absolute Gasteiger partial charge is 0.472 e. The Kier molecular flexibility index (Phi) is 3.75. The summed E-state index contributed by atoms with van der Waals surface area (Å²) >= 11 is 0. The van der Waals surface area contributed by atoms with Crippen LogP contribution in [0.4, 0.5) is 11.4 Å². The van der Waals surface area contributed by atoms with Gasteiger partial charge in [-0.3, -0.25) is 9.69 Å². The quantitative estimate of drug-likeness (QED) is 0.782. The monoisotopic (exact) mass is 316 g/mol. The number of nitrogens with zero attached hydrogens (tertiary/aromatic N) is 2. The number of allylic oxidation sites excluding steroid dienone is 1. The van der Waals surface area contributed by atoms with Crippen molar-refractivity contribution in [3.8, 4) is 0 Å². The molecule has 2 atom stereocenters. The van der Waals surface area contributed by atoms with Crippen LogP contribution in [-0.4, -0.2) is 37.8 Å². The topological polar surface area (TPSA) is 59.1 Å². The van der Waals surface area contributed by atoms with E-state index in [4.69, 9.17) is 9.47 Å². The Bertz CT molecular complexity index is 698. The summed E-state index contributed by atoms with van der Waals surface area (Å²) in [6.07, 6.45) is -0.437. The number of hydrogen-bond donors (Lipinski definition) is 0. The fourth-order valence-corrected chi connectivity index (χ4v) is 3.30. The summed E-state index contributed by atoms with van der Waals surface area (Å²) in [5.41, 5.74) is 2.07. The van der Waals surface area contributed by atoms with E-state index in [9.17, 15) is 9.59 Å². The van der Waals surface area contributed by atoms with Crippen molar-refractivity contribution in [1.82, 2.24) is 0 Å². The van der Waals surface area contributed by atoms with Gasteiger partial charge in [0.25, 0.3) is 0 Å². The number of hydrogen-bond acceptors (Lipinski definition) is 5. The minimum Gasteiger partial charge on any atom is -0.472 e. The Morgan fingerprint density at radius 2 is 1.91 bits per heavy atom. The van der Waals surface area contributed by atoms with Gasteiger partial charge in [0.05, 0.1) is 18.0 Å². The molecule has 23 heavy (non-hydrogen) atoms. The van der Waals surface area contributed by atoms with E-state index in [1.807, 2.05) is 36.2 Å². The van der Waals surface area contributed by atoms with Crippen LogP contribution in [-0.2, 0) is 19.1 Å². The number of carbonyl (C=O) groups excluding carboxylic acids is 2. The summed E-state index contributed by atoms with van der Waals surface area (Å²) < 4.78 is 11.1. The highest BCUT2D eigenvalue weighted by Gasteiger charge is 2.50. The zero-order valence-corrected chi connectivity index (χ0v) is 13.7. The second-order valence-corrected chi connectivity index (χ2v) is 5.63. The van der Waals surface area contributed by atoms with E-state index in [0.29, 0.717) is 11.3 Å². The fraction of sp³-hybridized carbons (Fsp3) is 0.412. The molecule has 122 valence electrons. The van der Waals surface area contributed by atoms with Gasteiger partial charge in [-0.1, -0.05) is 12.1 Å². The maximum Gasteiger partial charge on any atom is 0.339 e. The molecule has 0 N–H and O–H groups in total. The summed E-state index contributed by atoms with van der Waals surface area (Å²) in [4.78, 5) is 28.3. The summed E-state index contributed by atoms with van der Waals surface area (Å²) in [6.45, 7) is 5.27. The minimum atomic E-state index is -0.508. The van der Waals surface area contributed by atoms with Crippen molar-refractivity contribution in [3.63, 3.8) is 0 Å². The van der Waals surface area contributed by atoms with Crippen molar-refractivity contribution in [3.05, 3.63) is 35.6 Å². The average Bonchev–Trinajstić information content (AvgIpc) is 2.85. The van der Waals surface area contributed by atoms with Gasteiger partial charge in [0.15, 0.2) is 6.23 Å². The summed E-state index contributed by atoms with van der Waals surface area (Å²) in [5.74, 6) is -0.0680. The Morgan fingerprint density at radius 1 is 1.26 bits per heavy atom. The van der Waals surface area contributed by atoms with Crippen LogP contribution in [0.1, 0.15) is 20.8 Å². The molecule has 1 aromatic carbocycles. The van der Waals surface area contributed by atoms with E-state index < -0.39 is 18.2 Å². The highest BCUT2D eigenvalue weighted by atomic mass is 16.5. The lowest BCUT2D eigenvalue weighted by molar-refractivity contribution is -0.138. The molecule has 2 aliphatic rings. The van der Waals surface area contributed by atoms with Crippen molar-refractivity contribution in [1.29, 1.82) is 0 Å². The summed E-state index contributed by atoms with van der Waals surface area (Å²) in [5, 5.41) is 0. The lowest BCUT2D eigenvalue weighted by atomic mass is 9.99. The standard InChI is InChI=1S/C17H20N2O4/c1-5-22-17(21)14-10(2)23-16-15(14)19(11(3)20)13-9-7-6-8-12(13)18(16)4/h6-9,15-16H,5H2,1-4H3. The molecule has 2 heterocycles. The molecule has 1 amide bonds. The van der Waals surface area contributed by atoms with E-state index in [1.165, 1.54) is 6.92 Å². The number of likely N-dealkylation sites (N-methyl/N-ethyl adjacent to an activating group) is 1. The molecule has 3 rings (SSSR count). The van der Waals surface area contributed by atoms with Crippen LogP contribution in [0.3, 0.4) is 0 Å². The predicted octanol–water partition coefficient (Wildman–Crippen LogP) is 2.05. The summed E-state index contributed by atoms with van der Waals surface area (Å²) in [7, 11) is 1.90. The molecule has 0 saturated heterocycles. The number of esters is 1. The van der Waals surface area contributed by atoms with E-state index in [2.05, 4.69) is 0 Å². The number of para-hydroxylation sites is 2. The van der Waals surface area contributed by atoms with Crippen molar-refractivity contribution in [2.75, 3.05) is 23.5 Å². The van der Waals surface area contributed by atoms with Crippen molar-refractivity contribution < 1.29 is 19.1 Å². The number of carbonyl (C=O) groups is 2. The zero-order valence-electron chi connectivity index (χ0n) is 13.7. The molecule has 6 nitrogen and oxygen atoms in total. The summed E-state index contributed by atoms with van der Waals surface area (Å²) in [6, 6.07) is 7.09. The molecule has 6 heteroatoms. The number of fused-ring (bicyclic) bond motifs is 2. The first kappa shape index (κ1) is 15.4. The zero-order chi connectivity index (χ0) is 16.7. The highest BCUT2D eigenvalue weighted by molar-refractivity contribution is 6.02. The van der Waals surface area contributed by atoms with Gasteiger partial charge in [-0.15, -0.1) is 0 Å². The first-order chi connectivity index (χ1) is 11.0. The van der Waals surface area contributed by atoms with Crippen molar-refractivity contribution >= 4 is 23.3 Å². The third-order valence-electron chi connectivity index (χ3n) is 4.26. The number of benzene rings is 1. The Morgan fingerprint density at radius 3 is 2.52 bits per heavy atom. The molecule has 0 fully saturated rings. The van der Waals surface area contributed by atoms with Crippen LogP contribution >= 0.6 is 0 Å². The van der Waals surface area contributed by atoms with Crippen LogP contribution in [0.15, 0.2) is 35.6 Å². The smallest absolute Gasteiger partial charge is 0.339 e. The molecule has 2 unspecified atom stereocenters. The second-order valence-electron chi connectivity index (χ2n) is 5.63. The molecule has 0 spiro atoms. The first-order valence-corrected chi connectivity index (χ1v) is 7.63. The third kappa shape index (κ3) is 2.25. The van der Waals surface area contributed by atoms with E-state index in [0.717, 1.165) is 11.4 Å². The maximum absolute atomic E-state index is 12.4. The van der Waals surface area contributed by atoms with E-state index >= 15 is 0 Å². The fourth-order valence-electron chi connectivity index (χ4n) is 3.30. The average molecular weight is 316 g/mol. The molecular formula is C17H20N2O4. The number of ether oxygens (including phenoxy) is 2. The molecule has 0 bridgehead atoms. The Hall–Kier alpha value is -2.50. The van der Waals surface area contributed by atoms with Gasteiger partial charge in [0.1, 0.15) is 17.4 Å². The second kappa shape index (κ2) is 5.61. The van der Waals surface area contributed by atoms with E-state index in [-0.39, 0.29) is 12.5 Å².